The molecule has 1 amide bonds. The van der Waals surface area contributed by atoms with Crippen molar-refractivity contribution in [3.05, 3.63) is 67.1 Å². The van der Waals surface area contributed by atoms with Crippen LogP contribution in [-0.2, 0) is 5.41 Å². The molecule has 1 aromatic carbocycles. The monoisotopic (exact) mass is 414 g/mol. The number of amides is 1. The molecular formula is C18H18N6O4S. The normalized spacial score (nSPS) is 11.3. The summed E-state index contributed by atoms with van der Waals surface area (Å²) in [6.07, 6.45) is 0. The van der Waals surface area contributed by atoms with E-state index in [2.05, 4.69) is 20.6 Å². The molecule has 3 rings (SSSR count). The van der Waals surface area contributed by atoms with E-state index in [9.17, 15) is 19.7 Å². The Morgan fingerprint density at radius 3 is 2.55 bits per heavy atom. The molecule has 29 heavy (non-hydrogen) atoms. The number of carbonyl (C=O) groups excluding carboxylic acids is 1. The number of hydrogen-bond acceptors (Lipinski definition) is 8. The van der Waals surface area contributed by atoms with Crippen LogP contribution in [0.4, 0.5) is 10.8 Å². The lowest BCUT2D eigenvalue weighted by Crippen LogP contribution is -2.27. The van der Waals surface area contributed by atoms with Gasteiger partial charge in [0.1, 0.15) is 10.7 Å². The SMILES string of the molecule is Cc1cc(=O)c(C(=O)Nc2nnc(C(C)(C)C)s2)nn1-c1ccccc1[N+](=O)[O-]. The average Bonchev–Trinajstić information content (AvgIpc) is 3.10. The molecule has 0 saturated carbocycles. The van der Waals surface area contributed by atoms with E-state index < -0.39 is 22.0 Å². The highest BCUT2D eigenvalue weighted by atomic mass is 32.1. The number of nitro benzene ring substituents is 1. The number of para-hydroxylation sites is 2. The molecule has 2 aromatic heterocycles. The zero-order valence-corrected chi connectivity index (χ0v) is 17.0. The molecule has 10 nitrogen and oxygen atoms in total. The topological polar surface area (TPSA) is 133 Å². The molecule has 0 radical (unpaired) electrons. The second kappa shape index (κ2) is 7.51. The first kappa shape index (κ1) is 20.3. The maximum Gasteiger partial charge on any atom is 0.294 e. The van der Waals surface area contributed by atoms with Crippen molar-refractivity contribution in [2.75, 3.05) is 5.32 Å². The van der Waals surface area contributed by atoms with E-state index >= 15 is 0 Å². The molecule has 0 aliphatic heterocycles. The maximum absolute atomic E-state index is 12.6. The minimum atomic E-state index is -0.765. The van der Waals surface area contributed by atoms with Crippen molar-refractivity contribution in [1.82, 2.24) is 20.0 Å². The molecular weight excluding hydrogens is 396 g/mol. The summed E-state index contributed by atoms with van der Waals surface area (Å²) in [4.78, 5) is 35.7. The molecule has 11 heteroatoms. The average molecular weight is 414 g/mol. The van der Waals surface area contributed by atoms with Crippen molar-refractivity contribution in [3.63, 3.8) is 0 Å². The van der Waals surface area contributed by atoms with Crippen molar-refractivity contribution in [2.45, 2.75) is 33.1 Å². The third kappa shape index (κ3) is 4.19. The molecule has 0 saturated heterocycles. The molecule has 0 bridgehead atoms. The van der Waals surface area contributed by atoms with Crippen molar-refractivity contribution >= 4 is 28.1 Å². The summed E-state index contributed by atoms with van der Waals surface area (Å²) < 4.78 is 1.20. The van der Waals surface area contributed by atoms with Crippen LogP contribution in [0, 0.1) is 17.0 Å². The Morgan fingerprint density at radius 2 is 1.93 bits per heavy atom. The third-order valence-corrected chi connectivity index (χ3v) is 5.18. The standard InChI is InChI=1S/C18H18N6O4S/c1-10-9-13(25)14(15(26)19-17-21-20-16(29-17)18(2,3)4)22-23(10)11-7-5-6-8-12(11)24(27)28/h5-9H,1-4H3,(H,19,21,26). The van der Waals surface area contributed by atoms with Gasteiger partial charge in [-0.25, -0.2) is 4.68 Å². The van der Waals surface area contributed by atoms with Crippen LogP contribution >= 0.6 is 11.3 Å². The number of benzene rings is 1. The maximum atomic E-state index is 12.6. The summed E-state index contributed by atoms with van der Waals surface area (Å²) in [5.41, 5.74) is -0.933. The summed E-state index contributed by atoms with van der Waals surface area (Å²) in [7, 11) is 0. The highest BCUT2D eigenvalue weighted by Crippen LogP contribution is 2.28. The summed E-state index contributed by atoms with van der Waals surface area (Å²) in [5, 5.41) is 26.9. The van der Waals surface area contributed by atoms with Gasteiger partial charge < -0.3 is 0 Å². The van der Waals surface area contributed by atoms with Crippen LogP contribution < -0.4 is 10.7 Å². The first-order chi connectivity index (χ1) is 13.6. The summed E-state index contributed by atoms with van der Waals surface area (Å²) >= 11 is 1.20. The zero-order valence-electron chi connectivity index (χ0n) is 16.2. The van der Waals surface area contributed by atoms with Gasteiger partial charge in [-0.15, -0.1) is 10.2 Å². The van der Waals surface area contributed by atoms with Crippen molar-refractivity contribution in [1.29, 1.82) is 0 Å². The number of rotatable bonds is 4. The Hall–Kier alpha value is -3.47. The van der Waals surface area contributed by atoms with Gasteiger partial charge in [0, 0.05) is 23.2 Å². The fraction of sp³-hybridized carbons (Fsp3) is 0.278. The van der Waals surface area contributed by atoms with Crippen LogP contribution in [0.3, 0.4) is 0 Å². The van der Waals surface area contributed by atoms with Crippen molar-refractivity contribution in [2.24, 2.45) is 0 Å². The van der Waals surface area contributed by atoms with Gasteiger partial charge in [0.05, 0.1) is 4.92 Å². The molecule has 0 atom stereocenters. The number of aromatic nitrogens is 4. The summed E-state index contributed by atoms with van der Waals surface area (Å²) in [6.45, 7) is 7.47. The van der Waals surface area contributed by atoms with Crippen molar-refractivity contribution < 1.29 is 9.72 Å². The lowest BCUT2D eigenvalue weighted by molar-refractivity contribution is -0.384. The number of nitro groups is 1. The van der Waals surface area contributed by atoms with E-state index in [4.69, 9.17) is 0 Å². The molecule has 150 valence electrons. The first-order valence-electron chi connectivity index (χ1n) is 8.58. The molecule has 0 spiro atoms. The van der Waals surface area contributed by atoms with Crippen LogP contribution in [0.2, 0.25) is 0 Å². The summed E-state index contributed by atoms with van der Waals surface area (Å²) in [6, 6.07) is 7.15. The number of aryl methyl sites for hydroxylation is 1. The van der Waals surface area contributed by atoms with Crippen LogP contribution in [0.15, 0.2) is 35.1 Å². The summed E-state index contributed by atoms with van der Waals surface area (Å²) in [5.74, 6) is -0.765. The largest absolute Gasteiger partial charge is 0.295 e. The Kier molecular flexibility index (Phi) is 5.25. The first-order valence-corrected chi connectivity index (χ1v) is 9.39. The van der Waals surface area contributed by atoms with E-state index in [0.717, 1.165) is 5.01 Å². The second-order valence-corrected chi connectivity index (χ2v) is 8.25. The quantitative estimate of drug-likeness (QED) is 0.512. The fourth-order valence-electron chi connectivity index (χ4n) is 2.48. The van der Waals surface area contributed by atoms with E-state index in [-0.39, 0.29) is 21.9 Å². The van der Waals surface area contributed by atoms with Crippen LogP contribution in [0.5, 0.6) is 0 Å². The molecule has 2 heterocycles. The highest BCUT2D eigenvalue weighted by Gasteiger charge is 2.23. The van der Waals surface area contributed by atoms with Gasteiger partial charge in [-0.1, -0.05) is 44.2 Å². The number of carbonyl (C=O) groups is 1. The van der Waals surface area contributed by atoms with Crippen molar-refractivity contribution in [3.8, 4) is 5.69 Å². The lowest BCUT2D eigenvalue weighted by Gasteiger charge is -2.12. The Morgan fingerprint density at radius 1 is 1.24 bits per heavy atom. The van der Waals surface area contributed by atoms with Gasteiger partial charge in [0.15, 0.2) is 5.69 Å². The minimum Gasteiger partial charge on any atom is -0.295 e. The number of anilines is 1. The number of nitrogens with zero attached hydrogens (tertiary/aromatic N) is 5. The molecule has 3 aromatic rings. The van der Waals surface area contributed by atoms with Gasteiger partial charge >= 0.3 is 0 Å². The third-order valence-electron chi connectivity index (χ3n) is 3.92. The Bertz CT molecular complexity index is 1160. The molecule has 0 fully saturated rings. The van der Waals surface area contributed by atoms with Crippen LogP contribution in [0.1, 0.15) is 42.0 Å². The number of hydrogen-bond donors (Lipinski definition) is 1. The minimum absolute atomic E-state index is 0.148. The van der Waals surface area contributed by atoms with E-state index in [1.54, 1.807) is 13.0 Å². The van der Waals surface area contributed by atoms with E-state index in [0.29, 0.717) is 5.69 Å². The van der Waals surface area contributed by atoms with Crippen LogP contribution in [0.25, 0.3) is 5.69 Å². The number of nitrogens with one attached hydrogen (secondary N) is 1. The fourth-order valence-corrected chi connectivity index (χ4v) is 3.28. The molecule has 0 unspecified atom stereocenters. The van der Waals surface area contributed by atoms with E-state index in [1.165, 1.54) is 40.3 Å². The zero-order chi connectivity index (χ0) is 21.3. The predicted octanol–water partition coefficient (Wildman–Crippen LogP) is 2.85. The molecule has 1 N–H and O–H groups in total. The second-order valence-electron chi connectivity index (χ2n) is 7.27. The highest BCUT2D eigenvalue weighted by molar-refractivity contribution is 7.15. The lowest BCUT2D eigenvalue weighted by atomic mass is 9.98. The Labute approximate surface area is 169 Å². The Balaban J connectivity index is 2.00. The van der Waals surface area contributed by atoms with Gasteiger partial charge in [-0.3, -0.25) is 25.0 Å². The van der Waals surface area contributed by atoms with Gasteiger partial charge in [0.25, 0.3) is 11.6 Å². The van der Waals surface area contributed by atoms with E-state index in [1.807, 2.05) is 20.8 Å². The molecule has 0 aliphatic rings. The van der Waals surface area contributed by atoms with Gasteiger partial charge in [0.2, 0.25) is 10.6 Å². The smallest absolute Gasteiger partial charge is 0.294 e. The van der Waals surface area contributed by atoms with Gasteiger partial charge in [-0.05, 0) is 13.0 Å². The van der Waals surface area contributed by atoms with Gasteiger partial charge in [-0.2, -0.15) is 5.10 Å². The molecule has 0 aliphatic carbocycles. The predicted molar refractivity (Wildman–Crippen MR) is 108 cm³/mol. The van der Waals surface area contributed by atoms with Crippen LogP contribution in [-0.4, -0.2) is 30.8 Å².